The highest BCUT2D eigenvalue weighted by atomic mass is 16.5. The summed E-state index contributed by atoms with van der Waals surface area (Å²) in [6, 6.07) is 3.95. The molecule has 2 N–H and O–H groups in total. The predicted molar refractivity (Wildman–Crippen MR) is 68.7 cm³/mol. The maximum atomic E-state index is 5.16. The number of nitrogens with zero attached hydrogens (tertiary/aromatic N) is 1. The van der Waals surface area contributed by atoms with Crippen LogP contribution in [0, 0.1) is 5.41 Å². The van der Waals surface area contributed by atoms with Gasteiger partial charge in [0.15, 0.2) is 5.82 Å². The summed E-state index contributed by atoms with van der Waals surface area (Å²) in [6.45, 7) is 2.08. The number of rotatable bonds is 1. The third-order valence-corrected chi connectivity index (χ3v) is 4.03. The third kappa shape index (κ3) is 1.92. The van der Waals surface area contributed by atoms with Gasteiger partial charge in [-0.15, -0.1) is 0 Å². The van der Waals surface area contributed by atoms with E-state index < -0.39 is 0 Å². The van der Waals surface area contributed by atoms with E-state index in [0.717, 1.165) is 24.6 Å². The van der Waals surface area contributed by atoms with Gasteiger partial charge in [-0.1, -0.05) is 12.8 Å². The van der Waals surface area contributed by atoms with Crippen LogP contribution in [0.1, 0.15) is 25.7 Å². The summed E-state index contributed by atoms with van der Waals surface area (Å²) in [5.74, 6) is 1.59. The van der Waals surface area contributed by atoms with E-state index >= 15 is 0 Å². The van der Waals surface area contributed by atoms with E-state index in [1.807, 2.05) is 12.1 Å². The molecule has 0 radical (unpaired) electrons. The molecular formula is C13H19N3O. The van der Waals surface area contributed by atoms with Crippen molar-refractivity contribution in [2.24, 2.45) is 5.41 Å². The van der Waals surface area contributed by atoms with Crippen LogP contribution in [-0.4, -0.2) is 25.2 Å². The fourth-order valence-corrected chi connectivity index (χ4v) is 2.93. The van der Waals surface area contributed by atoms with Crippen molar-refractivity contribution in [1.82, 2.24) is 4.98 Å². The Morgan fingerprint density at radius 2 is 1.94 bits per heavy atom. The van der Waals surface area contributed by atoms with Crippen LogP contribution < -0.4 is 15.4 Å². The Kier molecular flexibility index (Phi) is 2.57. The maximum Gasteiger partial charge on any atom is 0.215 e. The molecule has 0 amide bonds. The molecule has 0 aromatic carbocycles. The molecule has 0 bridgehead atoms. The van der Waals surface area contributed by atoms with Crippen LogP contribution in [0.2, 0.25) is 0 Å². The van der Waals surface area contributed by atoms with Gasteiger partial charge in [-0.2, -0.15) is 4.98 Å². The molecule has 4 nitrogen and oxygen atoms in total. The lowest BCUT2D eigenvalue weighted by molar-refractivity contribution is 0.346. The Balaban J connectivity index is 1.84. The molecule has 0 unspecified atom stereocenters. The first kappa shape index (κ1) is 10.7. The van der Waals surface area contributed by atoms with Crippen molar-refractivity contribution in [1.29, 1.82) is 0 Å². The minimum atomic E-state index is 0.425. The fourth-order valence-electron chi connectivity index (χ4n) is 2.93. The van der Waals surface area contributed by atoms with Crippen LogP contribution in [0.5, 0.6) is 5.88 Å². The quantitative estimate of drug-likeness (QED) is 0.782. The van der Waals surface area contributed by atoms with Gasteiger partial charge in [0.25, 0.3) is 0 Å². The SMILES string of the molecule is COc1ccc2c(n1)NCC1(CCCC1)CN2. The highest BCUT2D eigenvalue weighted by molar-refractivity contribution is 5.66. The molecule has 0 atom stereocenters. The van der Waals surface area contributed by atoms with Crippen LogP contribution in [0.15, 0.2) is 12.1 Å². The molecular weight excluding hydrogens is 214 g/mol. The Morgan fingerprint density at radius 1 is 1.18 bits per heavy atom. The lowest BCUT2D eigenvalue weighted by Gasteiger charge is -2.26. The number of hydrogen-bond acceptors (Lipinski definition) is 4. The molecule has 1 fully saturated rings. The van der Waals surface area contributed by atoms with Crippen LogP contribution in [0.25, 0.3) is 0 Å². The van der Waals surface area contributed by atoms with Crippen LogP contribution in [0.4, 0.5) is 11.5 Å². The molecule has 3 rings (SSSR count). The highest BCUT2D eigenvalue weighted by Gasteiger charge is 2.35. The second-order valence-electron chi connectivity index (χ2n) is 5.16. The minimum absolute atomic E-state index is 0.425. The van der Waals surface area contributed by atoms with Gasteiger partial charge >= 0.3 is 0 Å². The van der Waals surface area contributed by atoms with Gasteiger partial charge in [0, 0.05) is 24.6 Å². The van der Waals surface area contributed by atoms with E-state index in [-0.39, 0.29) is 0 Å². The zero-order chi connectivity index (χ0) is 11.7. The monoisotopic (exact) mass is 233 g/mol. The van der Waals surface area contributed by atoms with E-state index in [0.29, 0.717) is 11.3 Å². The second kappa shape index (κ2) is 4.09. The summed E-state index contributed by atoms with van der Waals surface area (Å²) < 4.78 is 5.16. The summed E-state index contributed by atoms with van der Waals surface area (Å²) in [5.41, 5.74) is 1.52. The molecule has 2 heterocycles. The Labute approximate surface area is 102 Å². The summed E-state index contributed by atoms with van der Waals surface area (Å²) in [7, 11) is 1.65. The number of aromatic nitrogens is 1. The van der Waals surface area contributed by atoms with Crippen LogP contribution in [0.3, 0.4) is 0 Å². The highest BCUT2D eigenvalue weighted by Crippen LogP contribution is 2.41. The van der Waals surface area contributed by atoms with Gasteiger partial charge in [0.2, 0.25) is 5.88 Å². The topological polar surface area (TPSA) is 46.2 Å². The van der Waals surface area contributed by atoms with Gasteiger partial charge in [-0.25, -0.2) is 0 Å². The average Bonchev–Trinajstić information content (AvgIpc) is 2.75. The van der Waals surface area contributed by atoms with Crippen LogP contribution in [-0.2, 0) is 0 Å². The number of fused-ring (bicyclic) bond motifs is 1. The number of hydrogen-bond donors (Lipinski definition) is 2. The molecule has 0 saturated heterocycles. The normalized spacial score (nSPS) is 21.2. The number of ether oxygens (including phenoxy) is 1. The van der Waals surface area contributed by atoms with E-state index in [1.165, 1.54) is 25.7 Å². The van der Waals surface area contributed by atoms with E-state index in [4.69, 9.17) is 4.74 Å². The zero-order valence-electron chi connectivity index (χ0n) is 10.3. The Morgan fingerprint density at radius 3 is 2.71 bits per heavy atom. The summed E-state index contributed by atoms with van der Waals surface area (Å²) in [4.78, 5) is 4.45. The van der Waals surface area contributed by atoms with Gasteiger partial charge in [-0.05, 0) is 18.9 Å². The maximum absolute atomic E-state index is 5.16. The molecule has 1 aliphatic heterocycles. The molecule has 92 valence electrons. The lowest BCUT2D eigenvalue weighted by Crippen LogP contribution is -2.31. The van der Waals surface area contributed by atoms with Crippen molar-refractivity contribution in [2.75, 3.05) is 30.8 Å². The predicted octanol–water partition coefficient (Wildman–Crippen LogP) is 2.49. The summed E-state index contributed by atoms with van der Waals surface area (Å²) in [5, 5.41) is 7.01. The zero-order valence-corrected chi connectivity index (χ0v) is 10.3. The average molecular weight is 233 g/mol. The fraction of sp³-hybridized carbons (Fsp3) is 0.615. The molecule has 1 spiro atoms. The second-order valence-corrected chi connectivity index (χ2v) is 5.16. The number of nitrogens with one attached hydrogen (secondary N) is 2. The summed E-state index contributed by atoms with van der Waals surface area (Å²) in [6.07, 6.45) is 5.35. The van der Waals surface area contributed by atoms with Crippen molar-refractivity contribution in [3.05, 3.63) is 12.1 Å². The molecule has 1 saturated carbocycles. The van der Waals surface area contributed by atoms with Crippen molar-refractivity contribution >= 4 is 11.5 Å². The molecule has 1 aromatic rings. The molecule has 1 aromatic heterocycles. The minimum Gasteiger partial charge on any atom is -0.481 e. The van der Waals surface area contributed by atoms with Crippen molar-refractivity contribution in [3.63, 3.8) is 0 Å². The molecule has 1 aliphatic carbocycles. The van der Waals surface area contributed by atoms with Crippen molar-refractivity contribution < 1.29 is 4.74 Å². The first-order valence-corrected chi connectivity index (χ1v) is 6.34. The van der Waals surface area contributed by atoms with E-state index in [2.05, 4.69) is 15.6 Å². The molecule has 4 heteroatoms. The number of anilines is 2. The number of methoxy groups -OCH3 is 1. The molecule has 2 aliphatic rings. The summed E-state index contributed by atoms with van der Waals surface area (Å²) >= 11 is 0. The van der Waals surface area contributed by atoms with Gasteiger partial charge in [0.1, 0.15) is 0 Å². The van der Waals surface area contributed by atoms with Crippen molar-refractivity contribution in [2.45, 2.75) is 25.7 Å². The van der Waals surface area contributed by atoms with Crippen LogP contribution >= 0.6 is 0 Å². The van der Waals surface area contributed by atoms with Crippen molar-refractivity contribution in [3.8, 4) is 5.88 Å². The van der Waals surface area contributed by atoms with Gasteiger partial charge < -0.3 is 15.4 Å². The van der Waals surface area contributed by atoms with Gasteiger partial charge in [-0.3, -0.25) is 0 Å². The Bertz CT molecular complexity index is 413. The first-order chi connectivity index (χ1) is 8.31. The Hall–Kier alpha value is -1.45. The lowest BCUT2D eigenvalue weighted by atomic mass is 9.86. The van der Waals surface area contributed by atoms with E-state index in [1.54, 1.807) is 7.11 Å². The standard InChI is InChI=1S/C13H19N3O/c1-17-11-5-4-10-12(16-11)15-9-13(8-14-10)6-2-3-7-13/h4-5,14H,2-3,6-9H2,1H3,(H,15,16). The van der Waals surface area contributed by atoms with Gasteiger partial charge in [0.05, 0.1) is 12.8 Å². The number of pyridine rings is 1. The van der Waals surface area contributed by atoms with E-state index in [9.17, 15) is 0 Å². The smallest absolute Gasteiger partial charge is 0.215 e. The largest absolute Gasteiger partial charge is 0.481 e. The molecule has 17 heavy (non-hydrogen) atoms. The first-order valence-electron chi connectivity index (χ1n) is 6.34. The third-order valence-electron chi connectivity index (χ3n) is 4.03.